The Morgan fingerprint density at radius 1 is 1.53 bits per heavy atom. The topological polar surface area (TPSA) is 44.1 Å². The van der Waals surface area contributed by atoms with Crippen molar-refractivity contribution in [1.82, 2.24) is 9.55 Å². The highest BCUT2D eigenvalue weighted by atomic mass is 35.5. The second-order valence-electron chi connectivity index (χ2n) is 4.14. The first-order valence-electron chi connectivity index (χ1n) is 5.89. The van der Waals surface area contributed by atoms with Crippen LogP contribution in [0.3, 0.4) is 0 Å². The maximum absolute atomic E-state index is 11.8. The molecule has 0 saturated carbocycles. The van der Waals surface area contributed by atoms with Gasteiger partial charge in [-0.05, 0) is 19.1 Å². The van der Waals surface area contributed by atoms with E-state index in [1.807, 2.05) is 16.7 Å². The van der Waals surface area contributed by atoms with E-state index >= 15 is 0 Å². The van der Waals surface area contributed by atoms with Crippen LogP contribution in [0.1, 0.15) is 18.8 Å². The van der Waals surface area contributed by atoms with E-state index < -0.39 is 6.04 Å². The Morgan fingerprint density at radius 3 is 2.89 bits per heavy atom. The lowest BCUT2D eigenvalue weighted by Gasteiger charge is -2.15. The monoisotopic (exact) mass is 300 g/mol. The number of aryl methyl sites for hydroxylation is 1. The minimum absolute atomic E-state index is 0.324. The third-order valence-electron chi connectivity index (χ3n) is 2.99. The number of aromatic nitrogens is 2. The van der Waals surface area contributed by atoms with Gasteiger partial charge >= 0.3 is 5.97 Å². The molecule has 0 bridgehead atoms. The number of carbonyl (C=O) groups excluding carboxylic acids is 1. The van der Waals surface area contributed by atoms with Gasteiger partial charge in [0.15, 0.2) is 0 Å². The summed E-state index contributed by atoms with van der Waals surface area (Å²) in [6.07, 6.45) is 0.563. The smallest absolute Gasteiger partial charge is 0.328 e. The van der Waals surface area contributed by atoms with Gasteiger partial charge in [-0.25, -0.2) is 9.78 Å². The quantitative estimate of drug-likeness (QED) is 0.643. The first-order valence-corrected chi connectivity index (χ1v) is 6.80. The van der Waals surface area contributed by atoms with Gasteiger partial charge < -0.3 is 9.30 Å². The molecule has 0 N–H and O–H groups in total. The molecular formula is C13H14Cl2N2O2. The van der Waals surface area contributed by atoms with Crippen molar-refractivity contribution < 1.29 is 9.53 Å². The fraction of sp³-hybridized carbons (Fsp3) is 0.385. The first kappa shape index (κ1) is 14.2. The minimum Gasteiger partial charge on any atom is -0.467 e. The molecule has 0 spiro atoms. The van der Waals surface area contributed by atoms with Crippen LogP contribution in [0.2, 0.25) is 5.02 Å². The van der Waals surface area contributed by atoms with Crippen molar-refractivity contribution >= 4 is 40.2 Å². The number of nitrogens with zero attached hydrogens (tertiary/aromatic N) is 2. The summed E-state index contributed by atoms with van der Waals surface area (Å²) in [4.78, 5) is 16.2. The molecule has 1 aromatic heterocycles. The van der Waals surface area contributed by atoms with Gasteiger partial charge in [0.25, 0.3) is 0 Å². The van der Waals surface area contributed by atoms with Crippen LogP contribution >= 0.6 is 23.2 Å². The minimum atomic E-state index is -0.466. The number of halogens is 2. The molecule has 0 radical (unpaired) electrons. The Bertz CT molecular complexity index is 610. The molecule has 19 heavy (non-hydrogen) atoms. The predicted molar refractivity (Wildman–Crippen MR) is 75.9 cm³/mol. The lowest BCUT2D eigenvalue weighted by atomic mass is 10.2. The second kappa shape index (κ2) is 5.80. The zero-order valence-corrected chi connectivity index (χ0v) is 12.2. The third kappa shape index (κ3) is 2.55. The summed E-state index contributed by atoms with van der Waals surface area (Å²) in [7, 11) is 1.37. The standard InChI is InChI=1S/C13H14Cl2N2O2/c1-8(13(18)19-2)17-10-5-3-4-9(15)12(10)16-11(17)6-7-14/h3-5,8H,6-7H2,1-2H3. The van der Waals surface area contributed by atoms with E-state index in [1.54, 1.807) is 13.0 Å². The van der Waals surface area contributed by atoms with Crippen molar-refractivity contribution in [1.29, 1.82) is 0 Å². The van der Waals surface area contributed by atoms with E-state index in [4.69, 9.17) is 27.9 Å². The number of fused-ring (bicyclic) bond motifs is 1. The first-order chi connectivity index (χ1) is 9.10. The fourth-order valence-electron chi connectivity index (χ4n) is 2.10. The Hall–Kier alpha value is -1.26. The van der Waals surface area contributed by atoms with Crippen molar-refractivity contribution in [3.63, 3.8) is 0 Å². The normalized spacial score (nSPS) is 12.6. The third-order valence-corrected chi connectivity index (χ3v) is 3.49. The van der Waals surface area contributed by atoms with E-state index in [0.717, 1.165) is 11.3 Å². The molecule has 2 rings (SSSR count). The van der Waals surface area contributed by atoms with E-state index in [2.05, 4.69) is 4.98 Å². The summed E-state index contributed by atoms with van der Waals surface area (Å²) in [6.45, 7) is 1.77. The Balaban J connectivity index is 2.64. The number of hydrogen-bond donors (Lipinski definition) is 0. The summed E-state index contributed by atoms with van der Waals surface area (Å²) >= 11 is 11.9. The lowest BCUT2D eigenvalue weighted by molar-refractivity contribution is -0.143. The molecule has 1 unspecified atom stereocenters. The lowest BCUT2D eigenvalue weighted by Crippen LogP contribution is -2.20. The van der Waals surface area contributed by atoms with Gasteiger partial charge in [-0.15, -0.1) is 11.6 Å². The number of imidazole rings is 1. The number of methoxy groups -OCH3 is 1. The number of esters is 1. The highest BCUT2D eigenvalue weighted by Crippen LogP contribution is 2.27. The molecule has 0 aliphatic rings. The second-order valence-corrected chi connectivity index (χ2v) is 4.93. The molecular weight excluding hydrogens is 287 g/mol. The molecule has 4 nitrogen and oxygen atoms in total. The average molecular weight is 301 g/mol. The van der Waals surface area contributed by atoms with Crippen LogP contribution in [-0.2, 0) is 16.0 Å². The molecule has 0 aliphatic carbocycles. The fourth-order valence-corrected chi connectivity index (χ4v) is 2.48. The number of ether oxygens (including phenoxy) is 1. The van der Waals surface area contributed by atoms with Crippen LogP contribution in [0.4, 0.5) is 0 Å². The molecule has 1 heterocycles. The van der Waals surface area contributed by atoms with Crippen LogP contribution < -0.4 is 0 Å². The summed E-state index contributed by atoms with van der Waals surface area (Å²) in [5, 5.41) is 0.559. The van der Waals surface area contributed by atoms with E-state index in [1.165, 1.54) is 7.11 Å². The number of benzene rings is 1. The van der Waals surface area contributed by atoms with Crippen LogP contribution in [0, 0.1) is 0 Å². The molecule has 0 amide bonds. The number of alkyl halides is 1. The van der Waals surface area contributed by atoms with Gasteiger partial charge in [0.1, 0.15) is 17.4 Å². The average Bonchev–Trinajstić information content (AvgIpc) is 2.77. The zero-order chi connectivity index (χ0) is 14.0. The predicted octanol–water partition coefficient (Wildman–Crippen LogP) is 3.21. The number of rotatable bonds is 4. The Labute approximate surface area is 121 Å². The summed E-state index contributed by atoms with van der Waals surface area (Å²) in [6, 6.07) is 5.02. The molecule has 0 saturated heterocycles. The number of hydrogen-bond acceptors (Lipinski definition) is 3. The molecule has 0 fully saturated rings. The van der Waals surface area contributed by atoms with Gasteiger partial charge in [-0.3, -0.25) is 0 Å². The van der Waals surface area contributed by atoms with Crippen LogP contribution in [-0.4, -0.2) is 28.5 Å². The van der Waals surface area contributed by atoms with Crippen LogP contribution in [0.5, 0.6) is 0 Å². The molecule has 0 aliphatic heterocycles. The van der Waals surface area contributed by atoms with Crippen molar-refractivity contribution in [2.24, 2.45) is 0 Å². The van der Waals surface area contributed by atoms with Crippen molar-refractivity contribution in [2.45, 2.75) is 19.4 Å². The summed E-state index contributed by atoms with van der Waals surface area (Å²) in [5.41, 5.74) is 1.49. The van der Waals surface area contributed by atoms with E-state index in [-0.39, 0.29) is 5.97 Å². The zero-order valence-electron chi connectivity index (χ0n) is 10.7. The number of carbonyl (C=O) groups is 1. The van der Waals surface area contributed by atoms with Crippen molar-refractivity contribution in [3.05, 3.63) is 29.0 Å². The van der Waals surface area contributed by atoms with Gasteiger partial charge in [-0.2, -0.15) is 0 Å². The van der Waals surface area contributed by atoms with E-state index in [9.17, 15) is 4.79 Å². The van der Waals surface area contributed by atoms with Crippen LogP contribution in [0.15, 0.2) is 18.2 Å². The highest BCUT2D eigenvalue weighted by Gasteiger charge is 2.22. The summed E-state index contributed by atoms with van der Waals surface area (Å²) in [5.74, 6) is 0.834. The SMILES string of the molecule is COC(=O)C(C)n1c(CCCl)nc2c(Cl)cccc21. The molecule has 1 aromatic carbocycles. The van der Waals surface area contributed by atoms with Crippen molar-refractivity contribution in [3.8, 4) is 0 Å². The molecule has 2 aromatic rings. The van der Waals surface area contributed by atoms with E-state index in [0.29, 0.717) is 22.8 Å². The van der Waals surface area contributed by atoms with Gasteiger partial charge in [0.05, 0.1) is 17.6 Å². The maximum atomic E-state index is 11.8. The van der Waals surface area contributed by atoms with Crippen molar-refractivity contribution in [2.75, 3.05) is 13.0 Å². The Kier molecular flexibility index (Phi) is 4.32. The summed E-state index contributed by atoms with van der Waals surface area (Å²) < 4.78 is 6.62. The molecule has 102 valence electrons. The Morgan fingerprint density at radius 2 is 2.26 bits per heavy atom. The molecule has 6 heteroatoms. The molecule has 1 atom stereocenters. The van der Waals surface area contributed by atoms with Gasteiger partial charge in [-0.1, -0.05) is 17.7 Å². The van der Waals surface area contributed by atoms with Gasteiger partial charge in [0.2, 0.25) is 0 Å². The van der Waals surface area contributed by atoms with Gasteiger partial charge in [0, 0.05) is 12.3 Å². The maximum Gasteiger partial charge on any atom is 0.328 e. The highest BCUT2D eigenvalue weighted by molar-refractivity contribution is 6.34. The van der Waals surface area contributed by atoms with Crippen LogP contribution in [0.25, 0.3) is 11.0 Å². The largest absolute Gasteiger partial charge is 0.467 e. The number of para-hydroxylation sites is 1.